The van der Waals surface area contributed by atoms with Crippen molar-refractivity contribution < 1.29 is 4.74 Å². The van der Waals surface area contributed by atoms with E-state index in [1.807, 2.05) is 0 Å². The average Bonchev–Trinajstić information content (AvgIpc) is 2.87. The summed E-state index contributed by atoms with van der Waals surface area (Å²) in [5, 5.41) is 8.41. The molecule has 5 heteroatoms. The van der Waals surface area contributed by atoms with Crippen LogP contribution in [0.2, 0.25) is 5.15 Å². The molecule has 0 aromatic carbocycles. The largest absolute Gasteiger partial charge is 0.379 e. The van der Waals surface area contributed by atoms with Crippen molar-refractivity contribution in [2.75, 3.05) is 19.8 Å². The minimum Gasteiger partial charge on any atom is -0.379 e. The molecule has 0 aliphatic carbocycles. The normalized spacial score (nSPS) is 25.5. The molecule has 3 heterocycles. The molecule has 0 spiro atoms. The van der Waals surface area contributed by atoms with Crippen LogP contribution in [0, 0.1) is 0 Å². The van der Waals surface area contributed by atoms with Gasteiger partial charge in [0.25, 0.3) is 0 Å². The number of hydrogen-bond donors (Lipinski definition) is 1. The summed E-state index contributed by atoms with van der Waals surface area (Å²) >= 11 is 6.13. The van der Waals surface area contributed by atoms with Gasteiger partial charge in [0.2, 0.25) is 0 Å². The number of nitrogens with one attached hydrogen (secondary N) is 1. The molecule has 0 bridgehead atoms. The van der Waals surface area contributed by atoms with E-state index in [0.29, 0.717) is 11.2 Å². The number of halogens is 1. The van der Waals surface area contributed by atoms with E-state index in [-0.39, 0.29) is 0 Å². The van der Waals surface area contributed by atoms with Crippen LogP contribution in [0.25, 0.3) is 0 Å². The Balaban J connectivity index is 1.99. The van der Waals surface area contributed by atoms with Gasteiger partial charge in [0.15, 0.2) is 5.15 Å². The molecule has 0 radical (unpaired) electrons. The molecule has 1 unspecified atom stereocenters. The van der Waals surface area contributed by atoms with Gasteiger partial charge >= 0.3 is 0 Å². The van der Waals surface area contributed by atoms with Crippen molar-refractivity contribution in [1.29, 1.82) is 0 Å². The van der Waals surface area contributed by atoms with Gasteiger partial charge in [0.05, 0.1) is 12.6 Å². The van der Waals surface area contributed by atoms with Crippen LogP contribution in [0.1, 0.15) is 23.7 Å². The second-order valence-corrected chi connectivity index (χ2v) is 4.46. The third-order valence-corrected chi connectivity index (χ3v) is 3.47. The Kier molecular flexibility index (Phi) is 2.42. The Morgan fingerprint density at radius 1 is 1.53 bits per heavy atom. The lowest BCUT2D eigenvalue weighted by atomic mass is 10.1. The van der Waals surface area contributed by atoms with Crippen LogP contribution < -0.4 is 5.32 Å². The zero-order chi connectivity index (χ0) is 10.3. The first-order valence-electron chi connectivity index (χ1n) is 5.40. The van der Waals surface area contributed by atoms with E-state index in [0.717, 1.165) is 39.1 Å². The summed E-state index contributed by atoms with van der Waals surface area (Å²) < 4.78 is 7.48. The van der Waals surface area contributed by atoms with E-state index in [1.165, 1.54) is 11.3 Å². The molecule has 0 amide bonds. The number of fused-ring (bicyclic) bond motifs is 1. The molecule has 1 atom stereocenters. The smallest absolute Gasteiger partial charge is 0.155 e. The molecule has 1 saturated heterocycles. The summed E-state index contributed by atoms with van der Waals surface area (Å²) in [5.74, 6) is 0. The lowest BCUT2D eigenvalue weighted by molar-refractivity contribution is 0.184. The molecule has 4 nitrogen and oxygen atoms in total. The van der Waals surface area contributed by atoms with E-state index < -0.39 is 0 Å². The van der Waals surface area contributed by atoms with E-state index in [1.54, 1.807) is 0 Å². The monoisotopic (exact) mass is 227 g/mol. The minimum atomic E-state index is 0.393. The standard InChI is InChI=1S/C10H14ClN3O/c11-10-8-5-12-3-1-9(8)14(13-10)7-2-4-15-6-7/h7,12H,1-6H2. The van der Waals surface area contributed by atoms with Crippen LogP contribution in [-0.4, -0.2) is 29.5 Å². The maximum Gasteiger partial charge on any atom is 0.155 e. The van der Waals surface area contributed by atoms with Gasteiger partial charge in [0.1, 0.15) is 0 Å². The number of nitrogens with zero attached hydrogens (tertiary/aromatic N) is 2. The van der Waals surface area contributed by atoms with Gasteiger partial charge in [-0.25, -0.2) is 0 Å². The van der Waals surface area contributed by atoms with Gasteiger partial charge in [-0.15, -0.1) is 0 Å². The zero-order valence-electron chi connectivity index (χ0n) is 8.50. The van der Waals surface area contributed by atoms with E-state index in [4.69, 9.17) is 16.3 Å². The lowest BCUT2D eigenvalue weighted by Crippen LogP contribution is -2.26. The van der Waals surface area contributed by atoms with Crippen molar-refractivity contribution in [3.63, 3.8) is 0 Å². The van der Waals surface area contributed by atoms with Gasteiger partial charge in [0, 0.05) is 37.4 Å². The second kappa shape index (κ2) is 3.77. The molecule has 3 rings (SSSR count). The summed E-state index contributed by atoms with van der Waals surface area (Å²) in [6, 6.07) is 0.393. The number of rotatable bonds is 1. The van der Waals surface area contributed by atoms with E-state index >= 15 is 0 Å². The fourth-order valence-corrected chi connectivity index (χ4v) is 2.61. The Morgan fingerprint density at radius 2 is 2.47 bits per heavy atom. The molecule has 2 aliphatic heterocycles. The third-order valence-electron chi connectivity index (χ3n) is 3.16. The maximum absolute atomic E-state index is 6.13. The molecule has 0 saturated carbocycles. The molecule has 15 heavy (non-hydrogen) atoms. The summed E-state index contributed by atoms with van der Waals surface area (Å²) in [6.45, 7) is 3.48. The van der Waals surface area contributed by atoms with Crippen LogP contribution in [0.15, 0.2) is 0 Å². The number of aromatic nitrogens is 2. The molecule has 2 aliphatic rings. The molecule has 82 valence electrons. The van der Waals surface area contributed by atoms with Crippen LogP contribution in [0.3, 0.4) is 0 Å². The van der Waals surface area contributed by atoms with Gasteiger partial charge in [-0.05, 0) is 6.42 Å². The van der Waals surface area contributed by atoms with Gasteiger partial charge in [-0.3, -0.25) is 4.68 Å². The number of hydrogen-bond acceptors (Lipinski definition) is 3. The van der Waals surface area contributed by atoms with Crippen LogP contribution in [0.4, 0.5) is 0 Å². The molecule has 1 aromatic rings. The van der Waals surface area contributed by atoms with E-state index in [2.05, 4.69) is 15.1 Å². The van der Waals surface area contributed by atoms with Crippen molar-refractivity contribution in [3.8, 4) is 0 Å². The summed E-state index contributed by atoms with van der Waals surface area (Å²) in [6.07, 6.45) is 2.07. The van der Waals surface area contributed by atoms with Gasteiger partial charge < -0.3 is 10.1 Å². The predicted molar refractivity (Wildman–Crippen MR) is 57.1 cm³/mol. The lowest BCUT2D eigenvalue weighted by Gasteiger charge is -2.17. The topological polar surface area (TPSA) is 39.1 Å². The fourth-order valence-electron chi connectivity index (χ4n) is 2.35. The van der Waals surface area contributed by atoms with Gasteiger partial charge in [-0.2, -0.15) is 5.10 Å². The molecule has 1 fully saturated rings. The zero-order valence-corrected chi connectivity index (χ0v) is 9.26. The van der Waals surface area contributed by atoms with Crippen LogP contribution in [0.5, 0.6) is 0 Å². The number of ether oxygens (including phenoxy) is 1. The first-order valence-corrected chi connectivity index (χ1v) is 5.78. The summed E-state index contributed by atoms with van der Waals surface area (Å²) in [7, 11) is 0. The second-order valence-electron chi connectivity index (χ2n) is 4.10. The van der Waals surface area contributed by atoms with Crippen LogP contribution >= 0.6 is 11.6 Å². The maximum atomic E-state index is 6.13. The molecular weight excluding hydrogens is 214 g/mol. The average molecular weight is 228 g/mol. The quantitative estimate of drug-likeness (QED) is 0.782. The summed E-state index contributed by atoms with van der Waals surface area (Å²) in [4.78, 5) is 0. The Labute approximate surface area is 93.5 Å². The first kappa shape index (κ1) is 9.63. The molecular formula is C10H14ClN3O. The Hall–Kier alpha value is -0.580. The van der Waals surface area contributed by atoms with Gasteiger partial charge in [-0.1, -0.05) is 11.6 Å². The van der Waals surface area contributed by atoms with E-state index in [9.17, 15) is 0 Å². The highest BCUT2D eigenvalue weighted by molar-refractivity contribution is 6.30. The Morgan fingerprint density at radius 3 is 3.27 bits per heavy atom. The SMILES string of the molecule is Clc1nn(C2CCOC2)c2c1CNCC2. The van der Waals surface area contributed by atoms with Crippen molar-refractivity contribution in [1.82, 2.24) is 15.1 Å². The predicted octanol–water partition coefficient (Wildman–Crippen LogP) is 1.14. The summed E-state index contributed by atoms with van der Waals surface area (Å²) in [5.41, 5.74) is 2.48. The fraction of sp³-hybridized carbons (Fsp3) is 0.700. The first-order chi connectivity index (χ1) is 7.36. The highest BCUT2D eigenvalue weighted by Crippen LogP contribution is 2.28. The molecule has 1 aromatic heterocycles. The highest BCUT2D eigenvalue weighted by atomic mass is 35.5. The van der Waals surface area contributed by atoms with Crippen molar-refractivity contribution >= 4 is 11.6 Å². The van der Waals surface area contributed by atoms with Crippen molar-refractivity contribution in [3.05, 3.63) is 16.4 Å². The molecule has 1 N–H and O–H groups in total. The third kappa shape index (κ3) is 1.57. The van der Waals surface area contributed by atoms with Crippen molar-refractivity contribution in [2.45, 2.75) is 25.4 Å². The van der Waals surface area contributed by atoms with Crippen LogP contribution in [-0.2, 0) is 17.7 Å². The Bertz CT molecular complexity index is 371. The van der Waals surface area contributed by atoms with Crippen molar-refractivity contribution in [2.24, 2.45) is 0 Å². The minimum absolute atomic E-state index is 0.393. The highest BCUT2D eigenvalue weighted by Gasteiger charge is 2.26.